The summed E-state index contributed by atoms with van der Waals surface area (Å²) in [5.74, 6) is 1.75. The Morgan fingerprint density at radius 1 is 1.22 bits per heavy atom. The molecule has 0 spiro atoms. The van der Waals surface area contributed by atoms with Crippen molar-refractivity contribution in [2.75, 3.05) is 18.0 Å². The molecule has 0 aromatic carbocycles. The molecule has 5 nitrogen and oxygen atoms in total. The van der Waals surface area contributed by atoms with Crippen LogP contribution in [0, 0.1) is 0 Å². The Balaban J connectivity index is 1.69. The number of rotatable bonds is 3. The molecule has 1 fully saturated rings. The largest absolute Gasteiger partial charge is 0.340 e. The van der Waals surface area contributed by atoms with Crippen molar-refractivity contribution in [3.8, 4) is 0 Å². The predicted octanol–water partition coefficient (Wildman–Crippen LogP) is 1.78. The van der Waals surface area contributed by atoms with Crippen molar-refractivity contribution < 1.29 is 0 Å². The molecule has 0 radical (unpaired) electrons. The van der Waals surface area contributed by atoms with Crippen molar-refractivity contribution in [2.24, 2.45) is 0 Å². The lowest BCUT2D eigenvalue weighted by Gasteiger charge is -2.24. The molecule has 18 heavy (non-hydrogen) atoms. The van der Waals surface area contributed by atoms with Crippen LogP contribution in [0.3, 0.4) is 0 Å². The first-order valence-electron chi connectivity index (χ1n) is 6.47. The fourth-order valence-electron chi connectivity index (χ4n) is 2.30. The van der Waals surface area contributed by atoms with Gasteiger partial charge in [0.1, 0.15) is 5.82 Å². The highest BCUT2D eigenvalue weighted by molar-refractivity contribution is 5.30. The maximum absolute atomic E-state index is 4.56. The SMILES string of the molecule is c1cncc(Cc2nc(N3CCCCC3)n[nH]2)c1. The van der Waals surface area contributed by atoms with E-state index in [1.165, 1.54) is 19.3 Å². The summed E-state index contributed by atoms with van der Waals surface area (Å²) in [5.41, 5.74) is 1.15. The maximum atomic E-state index is 4.56. The van der Waals surface area contributed by atoms with Crippen molar-refractivity contribution >= 4 is 5.95 Å². The van der Waals surface area contributed by atoms with Gasteiger partial charge >= 0.3 is 0 Å². The summed E-state index contributed by atoms with van der Waals surface area (Å²) < 4.78 is 0. The van der Waals surface area contributed by atoms with Gasteiger partial charge in [-0.1, -0.05) is 6.07 Å². The highest BCUT2D eigenvalue weighted by Crippen LogP contribution is 2.15. The molecule has 0 atom stereocenters. The van der Waals surface area contributed by atoms with Crippen LogP contribution in [0.4, 0.5) is 5.95 Å². The van der Waals surface area contributed by atoms with Crippen LogP contribution in [0.2, 0.25) is 0 Å². The topological polar surface area (TPSA) is 57.7 Å². The highest BCUT2D eigenvalue weighted by Gasteiger charge is 2.15. The number of piperidine rings is 1. The third kappa shape index (κ3) is 2.50. The van der Waals surface area contributed by atoms with E-state index < -0.39 is 0 Å². The lowest BCUT2D eigenvalue weighted by Crippen LogP contribution is -2.30. The van der Waals surface area contributed by atoms with E-state index in [0.29, 0.717) is 0 Å². The molecule has 94 valence electrons. The van der Waals surface area contributed by atoms with Gasteiger partial charge in [0.2, 0.25) is 5.95 Å². The Hall–Kier alpha value is -1.91. The van der Waals surface area contributed by atoms with Gasteiger partial charge in [-0.25, -0.2) is 0 Å². The van der Waals surface area contributed by atoms with E-state index in [4.69, 9.17) is 0 Å². The second kappa shape index (κ2) is 5.16. The van der Waals surface area contributed by atoms with Crippen LogP contribution in [0.15, 0.2) is 24.5 Å². The summed E-state index contributed by atoms with van der Waals surface area (Å²) in [6.07, 6.45) is 8.21. The van der Waals surface area contributed by atoms with Crippen molar-refractivity contribution in [1.82, 2.24) is 20.2 Å². The summed E-state index contributed by atoms with van der Waals surface area (Å²) in [6.45, 7) is 2.15. The fourth-order valence-corrected chi connectivity index (χ4v) is 2.30. The van der Waals surface area contributed by atoms with E-state index in [1.807, 2.05) is 12.3 Å². The van der Waals surface area contributed by atoms with Crippen LogP contribution in [0.25, 0.3) is 0 Å². The van der Waals surface area contributed by atoms with Gasteiger partial charge in [0, 0.05) is 31.9 Å². The smallest absolute Gasteiger partial charge is 0.244 e. The van der Waals surface area contributed by atoms with E-state index >= 15 is 0 Å². The van der Waals surface area contributed by atoms with Gasteiger partial charge in [0.25, 0.3) is 0 Å². The number of aromatic amines is 1. The van der Waals surface area contributed by atoms with E-state index in [-0.39, 0.29) is 0 Å². The van der Waals surface area contributed by atoms with Crippen LogP contribution in [-0.2, 0) is 6.42 Å². The van der Waals surface area contributed by atoms with Crippen LogP contribution >= 0.6 is 0 Å². The Bertz CT molecular complexity index is 487. The van der Waals surface area contributed by atoms with Gasteiger partial charge in [0.15, 0.2) is 0 Å². The van der Waals surface area contributed by atoms with Gasteiger partial charge in [-0.05, 0) is 30.9 Å². The summed E-state index contributed by atoms with van der Waals surface area (Å²) in [4.78, 5) is 10.9. The molecule has 3 heterocycles. The third-order valence-corrected chi connectivity index (χ3v) is 3.25. The molecule has 1 saturated heterocycles. The summed E-state index contributed by atoms with van der Waals surface area (Å²) >= 11 is 0. The number of hydrogen-bond donors (Lipinski definition) is 1. The molecule has 1 N–H and O–H groups in total. The van der Waals surface area contributed by atoms with E-state index in [9.17, 15) is 0 Å². The molecule has 0 unspecified atom stereocenters. The number of nitrogens with one attached hydrogen (secondary N) is 1. The molecular formula is C13H17N5. The van der Waals surface area contributed by atoms with Crippen molar-refractivity contribution in [2.45, 2.75) is 25.7 Å². The minimum absolute atomic E-state index is 0.759. The number of pyridine rings is 1. The van der Waals surface area contributed by atoms with E-state index in [2.05, 4.69) is 31.1 Å². The zero-order valence-electron chi connectivity index (χ0n) is 10.3. The number of H-pyrrole nitrogens is 1. The summed E-state index contributed by atoms with van der Waals surface area (Å²) in [5, 5.41) is 7.33. The number of hydrogen-bond acceptors (Lipinski definition) is 4. The van der Waals surface area contributed by atoms with Crippen LogP contribution in [0.5, 0.6) is 0 Å². The van der Waals surface area contributed by atoms with Crippen molar-refractivity contribution in [3.05, 3.63) is 35.9 Å². The second-order valence-electron chi connectivity index (χ2n) is 4.67. The quantitative estimate of drug-likeness (QED) is 0.892. The van der Waals surface area contributed by atoms with Gasteiger partial charge in [-0.3, -0.25) is 10.1 Å². The van der Waals surface area contributed by atoms with Gasteiger partial charge in [-0.2, -0.15) is 4.98 Å². The first-order chi connectivity index (χ1) is 8.92. The predicted molar refractivity (Wildman–Crippen MR) is 69.5 cm³/mol. The molecular weight excluding hydrogens is 226 g/mol. The van der Waals surface area contributed by atoms with Gasteiger partial charge in [-0.15, -0.1) is 5.10 Å². The molecule has 5 heteroatoms. The Morgan fingerprint density at radius 3 is 2.89 bits per heavy atom. The first-order valence-corrected chi connectivity index (χ1v) is 6.47. The van der Waals surface area contributed by atoms with E-state index in [1.54, 1.807) is 6.20 Å². The molecule has 1 aliphatic rings. The van der Waals surface area contributed by atoms with Gasteiger partial charge in [0.05, 0.1) is 0 Å². The fraction of sp³-hybridized carbons (Fsp3) is 0.462. The summed E-state index contributed by atoms with van der Waals surface area (Å²) in [7, 11) is 0. The van der Waals surface area contributed by atoms with Crippen molar-refractivity contribution in [1.29, 1.82) is 0 Å². The molecule has 2 aromatic heterocycles. The molecule has 2 aromatic rings. The molecule has 0 bridgehead atoms. The first kappa shape index (κ1) is 11.2. The maximum Gasteiger partial charge on any atom is 0.244 e. The second-order valence-corrected chi connectivity index (χ2v) is 4.67. The normalized spacial score (nSPS) is 15.9. The Kier molecular flexibility index (Phi) is 3.21. The number of nitrogens with zero attached hydrogens (tertiary/aromatic N) is 4. The average molecular weight is 243 g/mol. The molecule has 1 aliphatic heterocycles. The molecule has 0 amide bonds. The Labute approximate surface area is 106 Å². The Morgan fingerprint density at radius 2 is 2.11 bits per heavy atom. The minimum Gasteiger partial charge on any atom is -0.340 e. The highest BCUT2D eigenvalue weighted by atomic mass is 15.4. The van der Waals surface area contributed by atoms with Crippen LogP contribution < -0.4 is 4.90 Å². The molecule has 0 saturated carbocycles. The average Bonchev–Trinajstić information content (AvgIpc) is 2.89. The standard InChI is InChI=1S/C13H17N5/c1-2-7-18(8-3-1)13-15-12(16-17-13)9-11-5-4-6-14-10-11/h4-6,10H,1-3,7-9H2,(H,15,16,17). The van der Waals surface area contributed by atoms with E-state index in [0.717, 1.165) is 36.8 Å². The lowest BCUT2D eigenvalue weighted by molar-refractivity contribution is 0.569. The molecule has 3 rings (SSSR count). The molecule has 0 aliphatic carbocycles. The zero-order valence-corrected chi connectivity index (χ0v) is 10.3. The van der Waals surface area contributed by atoms with Crippen molar-refractivity contribution in [3.63, 3.8) is 0 Å². The van der Waals surface area contributed by atoms with Crippen LogP contribution in [0.1, 0.15) is 30.7 Å². The van der Waals surface area contributed by atoms with Gasteiger partial charge < -0.3 is 4.90 Å². The third-order valence-electron chi connectivity index (χ3n) is 3.25. The summed E-state index contributed by atoms with van der Waals surface area (Å²) in [6, 6.07) is 3.99. The monoisotopic (exact) mass is 243 g/mol. The number of aromatic nitrogens is 4. The number of anilines is 1. The van der Waals surface area contributed by atoms with Crippen LogP contribution in [-0.4, -0.2) is 33.3 Å². The zero-order chi connectivity index (χ0) is 12.2. The lowest BCUT2D eigenvalue weighted by atomic mass is 10.1. The minimum atomic E-state index is 0.759.